The number of aromatic nitrogens is 1. The SMILES string of the molecule is COC(=O)c1ccc2c(C3CCCCC3)c(-c3ccc(OC)cc3)[nH]c2c1. The summed E-state index contributed by atoms with van der Waals surface area (Å²) in [5.74, 6) is 1.09. The molecule has 0 saturated heterocycles. The zero-order valence-electron chi connectivity index (χ0n) is 15.9. The van der Waals surface area contributed by atoms with Gasteiger partial charge in [0, 0.05) is 16.6 Å². The molecule has 4 nitrogen and oxygen atoms in total. The van der Waals surface area contributed by atoms with Crippen LogP contribution in [-0.2, 0) is 4.74 Å². The van der Waals surface area contributed by atoms with Crippen LogP contribution in [0.4, 0.5) is 0 Å². The van der Waals surface area contributed by atoms with Crippen LogP contribution in [0.25, 0.3) is 22.2 Å². The first-order valence-electron chi connectivity index (χ1n) is 9.59. The number of hydrogen-bond acceptors (Lipinski definition) is 3. The topological polar surface area (TPSA) is 51.3 Å². The number of carbonyl (C=O) groups excluding carboxylic acids is 1. The highest BCUT2D eigenvalue weighted by Crippen LogP contribution is 2.42. The van der Waals surface area contributed by atoms with Gasteiger partial charge in [-0.2, -0.15) is 0 Å². The van der Waals surface area contributed by atoms with Crippen molar-refractivity contribution < 1.29 is 14.3 Å². The van der Waals surface area contributed by atoms with E-state index in [0.717, 1.165) is 22.5 Å². The normalized spacial score (nSPS) is 15.0. The molecule has 140 valence electrons. The van der Waals surface area contributed by atoms with E-state index < -0.39 is 0 Å². The van der Waals surface area contributed by atoms with Gasteiger partial charge in [0.05, 0.1) is 19.8 Å². The molecule has 1 heterocycles. The Morgan fingerprint density at radius 3 is 2.41 bits per heavy atom. The molecule has 0 aliphatic heterocycles. The van der Waals surface area contributed by atoms with Crippen molar-refractivity contribution >= 4 is 16.9 Å². The summed E-state index contributed by atoms with van der Waals surface area (Å²) in [4.78, 5) is 15.5. The van der Waals surface area contributed by atoms with Crippen LogP contribution in [0, 0.1) is 0 Å². The van der Waals surface area contributed by atoms with Crippen molar-refractivity contribution in [3.63, 3.8) is 0 Å². The maximum absolute atomic E-state index is 11.9. The first-order chi connectivity index (χ1) is 13.2. The number of methoxy groups -OCH3 is 2. The number of carbonyl (C=O) groups is 1. The van der Waals surface area contributed by atoms with Crippen LogP contribution in [0.15, 0.2) is 42.5 Å². The van der Waals surface area contributed by atoms with Crippen molar-refractivity contribution in [1.82, 2.24) is 4.98 Å². The number of rotatable bonds is 4. The average molecular weight is 363 g/mol. The van der Waals surface area contributed by atoms with E-state index in [1.165, 1.54) is 50.2 Å². The van der Waals surface area contributed by atoms with Crippen LogP contribution in [-0.4, -0.2) is 25.2 Å². The predicted molar refractivity (Wildman–Crippen MR) is 107 cm³/mol. The second-order valence-electron chi connectivity index (χ2n) is 7.23. The van der Waals surface area contributed by atoms with Crippen LogP contribution < -0.4 is 4.74 Å². The number of aromatic amines is 1. The van der Waals surface area contributed by atoms with Crippen molar-refractivity contribution in [3.05, 3.63) is 53.6 Å². The fraction of sp³-hybridized carbons (Fsp3) is 0.348. The maximum Gasteiger partial charge on any atom is 0.337 e. The number of hydrogen-bond donors (Lipinski definition) is 1. The summed E-state index contributed by atoms with van der Waals surface area (Å²) in [6.45, 7) is 0. The molecule has 3 aromatic rings. The van der Waals surface area contributed by atoms with E-state index in [1.807, 2.05) is 24.3 Å². The van der Waals surface area contributed by atoms with Crippen molar-refractivity contribution in [2.45, 2.75) is 38.0 Å². The Bertz CT molecular complexity index is 950. The Morgan fingerprint density at radius 1 is 1.00 bits per heavy atom. The van der Waals surface area contributed by atoms with E-state index in [0.29, 0.717) is 11.5 Å². The number of fused-ring (bicyclic) bond motifs is 1. The van der Waals surface area contributed by atoms with Gasteiger partial charge in [0.1, 0.15) is 5.75 Å². The summed E-state index contributed by atoms with van der Waals surface area (Å²) in [6.07, 6.45) is 6.31. The molecular formula is C23H25NO3. The van der Waals surface area contributed by atoms with Crippen molar-refractivity contribution in [3.8, 4) is 17.0 Å². The largest absolute Gasteiger partial charge is 0.497 e. The molecule has 0 spiro atoms. The molecule has 1 fully saturated rings. The van der Waals surface area contributed by atoms with Crippen molar-refractivity contribution in [1.29, 1.82) is 0 Å². The van der Waals surface area contributed by atoms with E-state index >= 15 is 0 Å². The monoisotopic (exact) mass is 363 g/mol. The number of H-pyrrole nitrogens is 1. The van der Waals surface area contributed by atoms with E-state index in [2.05, 4.69) is 23.2 Å². The highest BCUT2D eigenvalue weighted by molar-refractivity contribution is 5.98. The minimum Gasteiger partial charge on any atom is -0.497 e. The van der Waals surface area contributed by atoms with Crippen LogP contribution in [0.5, 0.6) is 5.75 Å². The Kier molecular flexibility index (Phi) is 4.88. The first kappa shape index (κ1) is 17.7. The number of ether oxygens (including phenoxy) is 2. The van der Waals surface area contributed by atoms with Gasteiger partial charge in [-0.05, 0) is 66.3 Å². The van der Waals surface area contributed by atoms with Gasteiger partial charge >= 0.3 is 5.97 Å². The molecule has 4 rings (SSSR count). The third-order valence-electron chi connectivity index (χ3n) is 5.65. The van der Waals surface area contributed by atoms with Crippen LogP contribution in [0.1, 0.15) is 53.9 Å². The lowest BCUT2D eigenvalue weighted by Crippen LogP contribution is -2.05. The molecule has 0 amide bonds. The van der Waals surface area contributed by atoms with E-state index in [1.54, 1.807) is 7.11 Å². The molecule has 0 radical (unpaired) electrons. The summed E-state index contributed by atoms with van der Waals surface area (Å²) in [5, 5.41) is 1.21. The van der Waals surface area contributed by atoms with Crippen molar-refractivity contribution in [2.75, 3.05) is 14.2 Å². The second kappa shape index (κ2) is 7.47. The summed E-state index contributed by atoms with van der Waals surface area (Å²) in [7, 11) is 3.09. The zero-order valence-corrected chi connectivity index (χ0v) is 15.9. The molecule has 2 aromatic carbocycles. The van der Waals surface area contributed by atoms with E-state index in [-0.39, 0.29) is 5.97 Å². The standard InChI is InChI=1S/C23H25NO3/c1-26-18-11-8-16(9-12-18)22-21(15-6-4-3-5-7-15)19-13-10-17(23(25)27-2)14-20(19)24-22/h8-15,24H,3-7H2,1-2H3. The van der Waals surface area contributed by atoms with Gasteiger partial charge in [-0.15, -0.1) is 0 Å². The van der Waals surface area contributed by atoms with E-state index in [4.69, 9.17) is 9.47 Å². The fourth-order valence-corrected chi connectivity index (χ4v) is 4.26. The van der Waals surface area contributed by atoms with Gasteiger partial charge < -0.3 is 14.5 Å². The van der Waals surface area contributed by atoms with Crippen molar-refractivity contribution in [2.24, 2.45) is 0 Å². The molecule has 1 N–H and O–H groups in total. The first-order valence-corrected chi connectivity index (χ1v) is 9.59. The Balaban J connectivity index is 1.87. The minimum absolute atomic E-state index is 0.309. The number of esters is 1. The molecule has 4 heteroatoms. The lowest BCUT2D eigenvalue weighted by atomic mass is 9.82. The number of nitrogens with one attached hydrogen (secondary N) is 1. The molecule has 27 heavy (non-hydrogen) atoms. The Labute approximate surface area is 159 Å². The molecule has 1 aliphatic carbocycles. The van der Waals surface area contributed by atoms with Gasteiger partial charge in [0.2, 0.25) is 0 Å². The fourth-order valence-electron chi connectivity index (χ4n) is 4.26. The van der Waals surface area contributed by atoms with Gasteiger partial charge in [-0.25, -0.2) is 4.79 Å². The summed E-state index contributed by atoms with van der Waals surface area (Å²) in [6, 6.07) is 14.0. The summed E-state index contributed by atoms with van der Waals surface area (Å²) in [5.41, 5.74) is 5.24. The zero-order chi connectivity index (χ0) is 18.8. The lowest BCUT2D eigenvalue weighted by molar-refractivity contribution is 0.0601. The highest BCUT2D eigenvalue weighted by atomic mass is 16.5. The van der Waals surface area contributed by atoms with E-state index in [9.17, 15) is 4.79 Å². The average Bonchev–Trinajstić information content (AvgIpc) is 3.12. The Hall–Kier alpha value is -2.75. The lowest BCUT2D eigenvalue weighted by Gasteiger charge is -2.23. The molecule has 0 atom stereocenters. The molecule has 0 unspecified atom stereocenters. The summed E-state index contributed by atoms with van der Waals surface area (Å²) < 4.78 is 10.2. The molecule has 1 aromatic heterocycles. The third-order valence-corrected chi connectivity index (χ3v) is 5.65. The van der Waals surface area contributed by atoms with Gasteiger partial charge in [-0.1, -0.05) is 25.3 Å². The van der Waals surface area contributed by atoms with Crippen LogP contribution >= 0.6 is 0 Å². The van der Waals surface area contributed by atoms with Gasteiger partial charge in [-0.3, -0.25) is 0 Å². The smallest absolute Gasteiger partial charge is 0.337 e. The predicted octanol–water partition coefficient (Wildman–Crippen LogP) is 5.68. The minimum atomic E-state index is -0.309. The van der Waals surface area contributed by atoms with Crippen LogP contribution in [0.2, 0.25) is 0 Å². The molecule has 1 aliphatic rings. The highest BCUT2D eigenvalue weighted by Gasteiger charge is 2.24. The van der Waals surface area contributed by atoms with Gasteiger partial charge in [0.25, 0.3) is 0 Å². The van der Waals surface area contributed by atoms with Crippen LogP contribution in [0.3, 0.4) is 0 Å². The third kappa shape index (κ3) is 3.32. The second-order valence-corrected chi connectivity index (χ2v) is 7.23. The molecule has 0 bridgehead atoms. The maximum atomic E-state index is 11.9. The molecular weight excluding hydrogens is 338 g/mol. The number of benzene rings is 2. The molecule has 1 saturated carbocycles. The van der Waals surface area contributed by atoms with Gasteiger partial charge in [0.15, 0.2) is 0 Å². The Morgan fingerprint density at radius 2 is 1.74 bits per heavy atom. The quantitative estimate of drug-likeness (QED) is 0.607. The summed E-state index contributed by atoms with van der Waals surface area (Å²) >= 11 is 0.